The minimum Gasteiger partial charge on any atom is -0.390 e. The van der Waals surface area contributed by atoms with Crippen molar-refractivity contribution in [3.63, 3.8) is 0 Å². The molecule has 0 radical (unpaired) electrons. The van der Waals surface area contributed by atoms with Crippen LogP contribution in [0.15, 0.2) is 0 Å². The second-order valence-corrected chi connectivity index (χ2v) is 5.96. The molecule has 0 aromatic rings. The molecular formula is C14H30N2O2. The van der Waals surface area contributed by atoms with Crippen molar-refractivity contribution in [1.82, 2.24) is 9.80 Å². The van der Waals surface area contributed by atoms with Crippen LogP contribution < -0.4 is 0 Å². The van der Waals surface area contributed by atoms with Crippen LogP contribution >= 0.6 is 0 Å². The lowest BCUT2D eigenvalue weighted by Gasteiger charge is -2.30. The van der Waals surface area contributed by atoms with Crippen LogP contribution in [0.4, 0.5) is 0 Å². The standard InChI is InChI=1S/C14H30N2O2/c1-14(2,18-4)13(17)7-10-15(3)11-12-16-8-5-6-9-16/h13,17H,5-12H2,1-4H3. The highest BCUT2D eigenvalue weighted by Crippen LogP contribution is 2.16. The molecule has 1 rings (SSSR count). The van der Waals surface area contributed by atoms with E-state index in [0.717, 1.165) is 26.1 Å². The van der Waals surface area contributed by atoms with Crippen molar-refractivity contribution in [3.8, 4) is 0 Å². The molecule has 1 aliphatic heterocycles. The van der Waals surface area contributed by atoms with E-state index in [1.807, 2.05) is 13.8 Å². The van der Waals surface area contributed by atoms with Crippen LogP contribution in [0.2, 0.25) is 0 Å². The van der Waals surface area contributed by atoms with Crippen LogP contribution in [-0.2, 0) is 4.74 Å². The Kier molecular flexibility index (Phi) is 6.57. The summed E-state index contributed by atoms with van der Waals surface area (Å²) in [6.07, 6.45) is 3.06. The van der Waals surface area contributed by atoms with Gasteiger partial charge in [-0.15, -0.1) is 0 Å². The first-order valence-corrected chi connectivity index (χ1v) is 7.10. The van der Waals surface area contributed by atoms with Gasteiger partial charge in [0.1, 0.15) is 0 Å². The van der Waals surface area contributed by atoms with Gasteiger partial charge in [0.15, 0.2) is 0 Å². The molecule has 0 spiro atoms. The fraction of sp³-hybridized carbons (Fsp3) is 1.00. The summed E-state index contributed by atoms with van der Waals surface area (Å²) in [6, 6.07) is 0. The molecule has 18 heavy (non-hydrogen) atoms. The minimum absolute atomic E-state index is 0.406. The Morgan fingerprint density at radius 1 is 1.28 bits per heavy atom. The number of ether oxygens (including phenoxy) is 1. The SMILES string of the molecule is COC(C)(C)C(O)CCN(C)CCN1CCCC1. The molecule has 0 saturated carbocycles. The van der Waals surface area contributed by atoms with Crippen LogP contribution in [-0.4, -0.2) is 73.5 Å². The monoisotopic (exact) mass is 258 g/mol. The second-order valence-electron chi connectivity index (χ2n) is 5.96. The highest BCUT2D eigenvalue weighted by Gasteiger charge is 2.27. The summed E-state index contributed by atoms with van der Waals surface area (Å²) >= 11 is 0. The summed E-state index contributed by atoms with van der Waals surface area (Å²) in [7, 11) is 3.78. The van der Waals surface area contributed by atoms with Crippen LogP contribution in [0, 0.1) is 0 Å². The molecule has 0 aromatic carbocycles. The molecular weight excluding hydrogens is 228 g/mol. The molecule has 0 aromatic heterocycles. The lowest BCUT2D eigenvalue weighted by molar-refractivity contribution is -0.0819. The van der Waals surface area contributed by atoms with Crippen LogP contribution in [0.25, 0.3) is 0 Å². The van der Waals surface area contributed by atoms with Crippen molar-refractivity contribution in [1.29, 1.82) is 0 Å². The van der Waals surface area contributed by atoms with Crippen LogP contribution in [0.5, 0.6) is 0 Å². The summed E-state index contributed by atoms with van der Waals surface area (Å²) in [4.78, 5) is 4.82. The fourth-order valence-electron chi connectivity index (χ4n) is 2.26. The Morgan fingerprint density at radius 3 is 2.44 bits per heavy atom. The maximum Gasteiger partial charge on any atom is 0.0880 e. The summed E-state index contributed by atoms with van der Waals surface area (Å²) in [5.41, 5.74) is -0.449. The number of nitrogens with zero attached hydrogens (tertiary/aromatic N) is 2. The highest BCUT2D eigenvalue weighted by atomic mass is 16.5. The normalized spacial score (nSPS) is 19.7. The maximum absolute atomic E-state index is 10.0. The van der Waals surface area contributed by atoms with E-state index in [0.29, 0.717) is 0 Å². The van der Waals surface area contributed by atoms with Gasteiger partial charge in [0.05, 0.1) is 11.7 Å². The van der Waals surface area contributed by atoms with Gasteiger partial charge in [-0.3, -0.25) is 0 Å². The predicted octanol–water partition coefficient (Wildman–Crippen LogP) is 1.19. The summed E-state index contributed by atoms with van der Waals surface area (Å²) < 4.78 is 5.30. The van der Waals surface area contributed by atoms with Crippen molar-refractivity contribution in [2.45, 2.75) is 44.8 Å². The average molecular weight is 258 g/mol. The zero-order valence-electron chi connectivity index (χ0n) is 12.5. The van der Waals surface area contributed by atoms with E-state index in [1.54, 1.807) is 7.11 Å². The lowest BCUT2D eigenvalue weighted by Crippen LogP contribution is -2.41. The van der Waals surface area contributed by atoms with E-state index >= 15 is 0 Å². The van der Waals surface area contributed by atoms with Crippen LogP contribution in [0.3, 0.4) is 0 Å². The Bertz CT molecular complexity index is 228. The van der Waals surface area contributed by atoms with Crippen molar-refractivity contribution in [2.75, 3.05) is 46.9 Å². The number of aliphatic hydroxyl groups is 1. The largest absolute Gasteiger partial charge is 0.390 e. The van der Waals surface area contributed by atoms with Crippen molar-refractivity contribution in [3.05, 3.63) is 0 Å². The van der Waals surface area contributed by atoms with E-state index in [-0.39, 0.29) is 0 Å². The van der Waals surface area contributed by atoms with Gasteiger partial charge in [0, 0.05) is 26.7 Å². The molecule has 1 unspecified atom stereocenters. The van der Waals surface area contributed by atoms with Crippen molar-refractivity contribution in [2.24, 2.45) is 0 Å². The first-order valence-electron chi connectivity index (χ1n) is 7.10. The Labute approximate surface area is 112 Å². The molecule has 4 heteroatoms. The number of likely N-dealkylation sites (tertiary alicyclic amines) is 1. The van der Waals surface area contributed by atoms with Gasteiger partial charge >= 0.3 is 0 Å². The van der Waals surface area contributed by atoms with Gasteiger partial charge in [-0.1, -0.05) is 0 Å². The topological polar surface area (TPSA) is 35.9 Å². The predicted molar refractivity (Wildman–Crippen MR) is 74.9 cm³/mol. The number of hydrogen-bond acceptors (Lipinski definition) is 4. The smallest absolute Gasteiger partial charge is 0.0880 e. The van der Waals surface area contributed by atoms with E-state index in [9.17, 15) is 5.11 Å². The zero-order valence-corrected chi connectivity index (χ0v) is 12.5. The second kappa shape index (κ2) is 7.43. The molecule has 1 atom stereocenters. The van der Waals surface area contributed by atoms with E-state index < -0.39 is 11.7 Å². The molecule has 4 nitrogen and oxygen atoms in total. The van der Waals surface area contributed by atoms with E-state index in [1.165, 1.54) is 25.9 Å². The molecule has 1 aliphatic rings. The molecule has 1 heterocycles. The molecule has 108 valence electrons. The van der Waals surface area contributed by atoms with Crippen LogP contribution in [0.1, 0.15) is 33.1 Å². The highest BCUT2D eigenvalue weighted by molar-refractivity contribution is 4.79. The summed E-state index contributed by atoms with van der Waals surface area (Å²) in [5.74, 6) is 0. The van der Waals surface area contributed by atoms with Gasteiger partial charge in [0.25, 0.3) is 0 Å². The molecule has 1 saturated heterocycles. The molecule has 1 fully saturated rings. The summed E-state index contributed by atoms with van der Waals surface area (Å²) in [6.45, 7) is 9.53. The fourth-order valence-corrected chi connectivity index (χ4v) is 2.26. The molecule has 0 aliphatic carbocycles. The number of rotatable bonds is 8. The third kappa shape index (κ3) is 5.22. The first-order chi connectivity index (χ1) is 8.45. The molecule has 1 N–H and O–H groups in total. The number of methoxy groups -OCH3 is 1. The minimum atomic E-state index is -0.449. The van der Waals surface area contributed by atoms with Gasteiger partial charge in [-0.05, 0) is 53.2 Å². The first kappa shape index (κ1) is 15.9. The third-order valence-corrected chi connectivity index (χ3v) is 4.11. The third-order valence-electron chi connectivity index (χ3n) is 4.11. The molecule has 0 amide bonds. The van der Waals surface area contributed by atoms with Crippen molar-refractivity contribution < 1.29 is 9.84 Å². The average Bonchev–Trinajstić information content (AvgIpc) is 2.86. The number of likely N-dealkylation sites (N-methyl/N-ethyl adjacent to an activating group) is 1. The quantitative estimate of drug-likeness (QED) is 0.709. The Morgan fingerprint density at radius 2 is 1.89 bits per heavy atom. The zero-order chi connectivity index (χ0) is 13.6. The number of hydrogen-bond donors (Lipinski definition) is 1. The van der Waals surface area contributed by atoms with Crippen molar-refractivity contribution >= 4 is 0 Å². The summed E-state index contributed by atoms with van der Waals surface area (Å²) in [5, 5.41) is 10.0. The van der Waals surface area contributed by atoms with E-state index in [2.05, 4.69) is 16.8 Å². The van der Waals surface area contributed by atoms with E-state index in [4.69, 9.17) is 4.74 Å². The van der Waals surface area contributed by atoms with Gasteiger partial charge < -0.3 is 19.6 Å². The van der Waals surface area contributed by atoms with Gasteiger partial charge in [-0.2, -0.15) is 0 Å². The van der Waals surface area contributed by atoms with Gasteiger partial charge in [0.2, 0.25) is 0 Å². The van der Waals surface area contributed by atoms with Gasteiger partial charge in [-0.25, -0.2) is 0 Å². The Hall–Kier alpha value is -0.160. The lowest BCUT2D eigenvalue weighted by atomic mass is 9.98. The maximum atomic E-state index is 10.0. The Balaban J connectivity index is 2.14. The molecule has 0 bridgehead atoms. The number of aliphatic hydroxyl groups excluding tert-OH is 1.